The molecule has 1 unspecified atom stereocenters. The molecule has 0 fully saturated rings. The minimum atomic E-state index is -1.09. The van der Waals surface area contributed by atoms with E-state index in [1.54, 1.807) is 20.1 Å². The Kier molecular flexibility index (Phi) is 6.73. The molecule has 6 nitrogen and oxygen atoms in total. The second-order valence-corrected chi connectivity index (χ2v) is 5.40. The molecule has 2 N–H and O–H groups in total. The van der Waals surface area contributed by atoms with E-state index >= 15 is 0 Å². The predicted molar refractivity (Wildman–Crippen MR) is 81.1 cm³/mol. The van der Waals surface area contributed by atoms with Gasteiger partial charge in [0.1, 0.15) is 11.3 Å². The zero-order valence-corrected chi connectivity index (χ0v) is 13.3. The van der Waals surface area contributed by atoms with Gasteiger partial charge < -0.3 is 19.9 Å². The van der Waals surface area contributed by atoms with E-state index in [1.807, 2.05) is 22.6 Å². The molecule has 7 heteroatoms. The van der Waals surface area contributed by atoms with Crippen molar-refractivity contribution in [1.29, 1.82) is 0 Å². The van der Waals surface area contributed by atoms with Gasteiger partial charge in [-0.05, 0) is 47.7 Å². The third-order valence-corrected chi connectivity index (χ3v) is 3.03. The summed E-state index contributed by atoms with van der Waals surface area (Å²) < 4.78 is 10.9. The Morgan fingerprint density at radius 3 is 2.75 bits per heavy atom. The molecule has 0 spiro atoms. The van der Waals surface area contributed by atoms with Crippen molar-refractivity contribution in [3.8, 4) is 5.75 Å². The number of carboxylic acid groups (broad SMARTS) is 1. The number of benzene rings is 1. The Balaban J connectivity index is 2.61. The highest BCUT2D eigenvalue weighted by atomic mass is 127. The number of ether oxygens (including phenoxy) is 2. The molecule has 0 aliphatic carbocycles. The number of hydrogen-bond acceptors (Lipinski definition) is 4. The lowest BCUT2D eigenvalue weighted by molar-refractivity contribution is -0.124. The van der Waals surface area contributed by atoms with Crippen LogP contribution in [0.2, 0.25) is 0 Å². The number of hydrogen-bond donors (Lipinski definition) is 2. The highest BCUT2D eigenvalue weighted by Gasteiger charge is 2.14. The fourth-order valence-corrected chi connectivity index (χ4v) is 2.04. The summed E-state index contributed by atoms with van der Waals surface area (Å²) in [6.07, 6.45) is 0. The summed E-state index contributed by atoms with van der Waals surface area (Å²) in [6, 6.07) is 4.61. The second kappa shape index (κ2) is 8.05. The van der Waals surface area contributed by atoms with Gasteiger partial charge in [-0.2, -0.15) is 0 Å². The number of nitrogens with one attached hydrogen (secondary N) is 1. The Labute approximate surface area is 130 Å². The minimum absolute atomic E-state index is 0.0367. The Hall–Kier alpha value is -1.35. The van der Waals surface area contributed by atoms with Crippen molar-refractivity contribution in [2.24, 2.45) is 0 Å². The van der Waals surface area contributed by atoms with Crippen molar-refractivity contribution >= 4 is 34.5 Å². The molecule has 1 rings (SSSR count). The third kappa shape index (κ3) is 5.33. The van der Waals surface area contributed by atoms with Gasteiger partial charge in [0.15, 0.2) is 6.61 Å². The van der Waals surface area contributed by atoms with Crippen molar-refractivity contribution in [2.45, 2.75) is 13.0 Å². The smallest absolute Gasteiger partial charge is 0.339 e. The van der Waals surface area contributed by atoms with E-state index in [4.69, 9.17) is 14.6 Å². The van der Waals surface area contributed by atoms with Gasteiger partial charge in [-0.25, -0.2) is 4.79 Å². The summed E-state index contributed by atoms with van der Waals surface area (Å²) in [7, 11) is 1.55. The first-order chi connectivity index (χ1) is 9.43. The van der Waals surface area contributed by atoms with Crippen LogP contribution in [0, 0.1) is 3.57 Å². The Morgan fingerprint density at radius 1 is 1.45 bits per heavy atom. The molecule has 0 saturated heterocycles. The molecular weight excluding hydrogens is 377 g/mol. The molecule has 0 saturated carbocycles. The van der Waals surface area contributed by atoms with Gasteiger partial charge in [0.25, 0.3) is 5.91 Å². The molecule has 0 radical (unpaired) electrons. The molecule has 1 aromatic rings. The summed E-state index contributed by atoms with van der Waals surface area (Å²) in [5, 5.41) is 11.7. The summed E-state index contributed by atoms with van der Waals surface area (Å²) in [5.41, 5.74) is 0.0367. The van der Waals surface area contributed by atoms with Crippen LogP contribution in [-0.4, -0.2) is 43.3 Å². The lowest BCUT2D eigenvalue weighted by Gasteiger charge is -2.14. The first-order valence-corrected chi connectivity index (χ1v) is 6.96. The molecule has 0 aliphatic rings. The topological polar surface area (TPSA) is 84.9 Å². The van der Waals surface area contributed by atoms with Gasteiger partial charge in [-0.15, -0.1) is 0 Å². The van der Waals surface area contributed by atoms with Crippen LogP contribution in [0.1, 0.15) is 17.3 Å². The van der Waals surface area contributed by atoms with Crippen LogP contribution in [0.5, 0.6) is 5.75 Å². The van der Waals surface area contributed by atoms with E-state index in [0.29, 0.717) is 6.61 Å². The monoisotopic (exact) mass is 393 g/mol. The molecule has 1 aromatic carbocycles. The van der Waals surface area contributed by atoms with Crippen molar-refractivity contribution < 1.29 is 24.2 Å². The third-order valence-electron chi connectivity index (χ3n) is 2.35. The Bertz CT molecular complexity index is 492. The fourth-order valence-electron chi connectivity index (χ4n) is 1.55. The average molecular weight is 393 g/mol. The molecule has 0 aromatic heterocycles. The molecule has 110 valence electrons. The van der Waals surface area contributed by atoms with Crippen LogP contribution >= 0.6 is 22.6 Å². The van der Waals surface area contributed by atoms with E-state index in [0.717, 1.165) is 3.57 Å². The maximum Gasteiger partial charge on any atom is 0.339 e. The number of amides is 1. The van der Waals surface area contributed by atoms with Crippen LogP contribution < -0.4 is 10.1 Å². The molecule has 20 heavy (non-hydrogen) atoms. The van der Waals surface area contributed by atoms with Gasteiger partial charge in [0, 0.05) is 16.7 Å². The zero-order chi connectivity index (χ0) is 15.1. The van der Waals surface area contributed by atoms with Crippen molar-refractivity contribution in [3.05, 3.63) is 27.3 Å². The van der Waals surface area contributed by atoms with Crippen LogP contribution in [0.25, 0.3) is 0 Å². The first-order valence-electron chi connectivity index (χ1n) is 5.88. The molecule has 1 atom stereocenters. The van der Waals surface area contributed by atoms with Crippen molar-refractivity contribution in [3.63, 3.8) is 0 Å². The van der Waals surface area contributed by atoms with Crippen LogP contribution in [0.4, 0.5) is 0 Å². The summed E-state index contributed by atoms with van der Waals surface area (Å²) in [6.45, 7) is 1.96. The SMILES string of the molecule is COCC(C)NC(=O)COc1ccc(I)cc1C(=O)O. The molecule has 0 bridgehead atoms. The van der Waals surface area contributed by atoms with E-state index in [2.05, 4.69) is 5.32 Å². The number of carbonyl (C=O) groups is 2. The van der Waals surface area contributed by atoms with Crippen LogP contribution in [0.15, 0.2) is 18.2 Å². The Morgan fingerprint density at radius 2 is 2.15 bits per heavy atom. The second-order valence-electron chi connectivity index (χ2n) is 4.16. The van der Waals surface area contributed by atoms with Gasteiger partial charge in [0.05, 0.1) is 6.61 Å². The van der Waals surface area contributed by atoms with Crippen LogP contribution in [-0.2, 0) is 9.53 Å². The van der Waals surface area contributed by atoms with E-state index in [9.17, 15) is 9.59 Å². The first kappa shape index (κ1) is 16.7. The summed E-state index contributed by atoms with van der Waals surface area (Å²) >= 11 is 2.01. The number of aromatic carboxylic acids is 1. The van der Waals surface area contributed by atoms with Gasteiger partial charge in [0.2, 0.25) is 0 Å². The largest absolute Gasteiger partial charge is 0.483 e. The summed E-state index contributed by atoms with van der Waals surface area (Å²) in [5.74, 6) is -1.25. The van der Waals surface area contributed by atoms with E-state index < -0.39 is 5.97 Å². The van der Waals surface area contributed by atoms with Crippen molar-refractivity contribution in [1.82, 2.24) is 5.32 Å². The number of rotatable bonds is 7. The number of carboxylic acids is 1. The maximum atomic E-state index is 11.6. The lowest BCUT2D eigenvalue weighted by Crippen LogP contribution is -2.38. The van der Waals surface area contributed by atoms with E-state index in [1.165, 1.54) is 12.1 Å². The van der Waals surface area contributed by atoms with Crippen molar-refractivity contribution in [2.75, 3.05) is 20.3 Å². The van der Waals surface area contributed by atoms with E-state index in [-0.39, 0.29) is 29.9 Å². The summed E-state index contributed by atoms with van der Waals surface area (Å²) in [4.78, 5) is 22.7. The molecule has 0 aliphatic heterocycles. The molecule has 0 heterocycles. The molecule has 1 amide bonds. The van der Waals surface area contributed by atoms with Gasteiger partial charge in [-0.3, -0.25) is 4.79 Å². The average Bonchev–Trinajstić information content (AvgIpc) is 2.37. The molecular formula is C13H16INO5. The quantitative estimate of drug-likeness (QED) is 0.687. The number of carbonyl (C=O) groups excluding carboxylic acids is 1. The zero-order valence-electron chi connectivity index (χ0n) is 11.2. The highest BCUT2D eigenvalue weighted by Crippen LogP contribution is 2.21. The number of methoxy groups -OCH3 is 1. The standard InChI is InChI=1S/C13H16INO5/c1-8(6-19-2)15-12(16)7-20-11-4-3-9(14)5-10(11)13(17)18/h3-5,8H,6-7H2,1-2H3,(H,15,16)(H,17,18). The van der Waals surface area contributed by atoms with Gasteiger partial charge >= 0.3 is 5.97 Å². The lowest BCUT2D eigenvalue weighted by atomic mass is 10.2. The van der Waals surface area contributed by atoms with Gasteiger partial charge in [-0.1, -0.05) is 0 Å². The normalized spacial score (nSPS) is 11.8. The highest BCUT2D eigenvalue weighted by molar-refractivity contribution is 14.1. The van der Waals surface area contributed by atoms with Crippen LogP contribution in [0.3, 0.4) is 0 Å². The predicted octanol–water partition coefficient (Wildman–Crippen LogP) is 1.52. The number of halogens is 1. The minimum Gasteiger partial charge on any atom is -0.483 e. The maximum absolute atomic E-state index is 11.6. The fraction of sp³-hybridized carbons (Fsp3) is 0.385.